The number of carbonyl (C=O) groups is 1. The number of benzene rings is 4. The molecule has 0 aromatic heterocycles. The molecule has 1 heterocycles. The number of hydrogen-bond acceptors (Lipinski definition) is 4. The van der Waals surface area contributed by atoms with Gasteiger partial charge >= 0.3 is 0 Å². The zero-order chi connectivity index (χ0) is 27.2. The standard InChI is InChI=1S/C32H33N3O3S/c1-26-12-11-17-29(24-26)35(39(37,38)30-18-9-4-10-19-30)25-31(36)33-20-22-34(23-21-33)32(27-13-5-2-6-14-27)28-15-7-3-8-16-28/h2-19,24,32H,20-23,25H2,1H3. The van der Waals surface area contributed by atoms with Gasteiger partial charge in [0.2, 0.25) is 5.91 Å². The fourth-order valence-corrected chi connectivity index (χ4v) is 6.58. The lowest BCUT2D eigenvalue weighted by Gasteiger charge is -2.40. The Labute approximate surface area is 231 Å². The van der Waals surface area contributed by atoms with Gasteiger partial charge in [0.15, 0.2) is 0 Å². The van der Waals surface area contributed by atoms with Crippen molar-refractivity contribution in [3.05, 3.63) is 132 Å². The highest BCUT2D eigenvalue weighted by atomic mass is 32.2. The maximum absolute atomic E-state index is 13.7. The molecule has 4 aromatic carbocycles. The van der Waals surface area contributed by atoms with E-state index in [0.717, 1.165) is 5.56 Å². The Balaban J connectivity index is 1.34. The highest BCUT2D eigenvalue weighted by Gasteiger charge is 2.32. The summed E-state index contributed by atoms with van der Waals surface area (Å²) in [5.41, 5.74) is 3.83. The first-order valence-electron chi connectivity index (χ1n) is 13.2. The van der Waals surface area contributed by atoms with Gasteiger partial charge in [0.25, 0.3) is 10.0 Å². The molecular formula is C32H33N3O3S. The Morgan fingerprint density at radius 2 is 1.28 bits per heavy atom. The summed E-state index contributed by atoms with van der Waals surface area (Å²) >= 11 is 0. The maximum atomic E-state index is 13.7. The molecule has 4 aromatic rings. The molecule has 0 spiro atoms. The van der Waals surface area contributed by atoms with Crippen LogP contribution >= 0.6 is 0 Å². The number of anilines is 1. The molecule has 1 amide bonds. The van der Waals surface area contributed by atoms with Gasteiger partial charge in [0.05, 0.1) is 16.6 Å². The lowest BCUT2D eigenvalue weighted by Crippen LogP contribution is -2.52. The molecule has 0 bridgehead atoms. The van der Waals surface area contributed by atoms with E-state index in [9.17, 15) is 13.2 Å². The van der Waals surface area contributed by atoms with Crippen LogP contribution < -0.4 is 4.31 Å². The van der Waals surface area contributed by atoms with Gasteiger partial charge < -0.3 is 4.90 Å². The van der Waals surface area contributed by atoms with Crippen molar-refractivity contribution in [1.29, 1.82) is 0 Å². The van der Waals surface area contributed by atoms with Crippen LogP contribution in [0.3, 0.4) is 0 Å². The highest BCUT2D eigenvalue weighted by Crippen LogP contribution is 2.30. The molecule has 0 aliphatic carbocycles. The minimum absolute atomic E-state index is 0.0897. The summed E-state index contributed by atoms with van der Waals surface area (Å²) in [4.78, 5) is 17.9. The lowest BCUT2D eigenvalue weighted by molar-refractivity contribution is -0.131. The van der Waals surface area contributed by atoms with Crippen LogP contribution in [0.15, 0.2) is 120 Å². The molecule has 0 N–H and O–H groups in total. The van der Waals surface area contributed by atoms with Crippen molar-refractivity contribution in [2.24, 2.45) is 0 Å². The van der Waals surface area contributed by atoms with E-state index < -0.39 is 10.0 Å². The van der Waals surface area contributed by atoms with E-state index in [4.69, 9.17) is 0 Å². The zero-order valence-electron chi connectivity index (χ0n) is 22.1. The predicted octanol–water partition coefficient (Wildman–Crippen LogP) is 5.12. The number of nitrogens with zero attached hydrogens (tertiary/aromatic N) is 3. The van der Waals surface area contributed by atoms with Crippen LogP contribution in [0.2, 0.25) is 0 Å². The van der Waals surface area contributed by atoms with E-state index in [2.05, 4.69) is 53.4 Å². The monoisotopic (exact) mass is 539 g/mol. The molecular weight excluding hydrogens is 506 g/mol. The molecule has 1 fully saturated rings. The van der Waals surface area contributed by atoms with Crippen LogP contribution in [0.5, 0.6) is 0 Å². The molecule has 0 unspecified atom stereocenters. The van der Waals surface area contributed by atoms with Crippen LogP contribution in [-0.4, -0.2) is 56.8 Å². The molecule has 200 valence electrons. The van der Waals surface area contributed by atoms with Crippen molar-refractivity contribution >= 4 is 21.6 Å². The van der Waals surface area contributed by atoms with E-state index in [1.54, 1.807) is 47.4 Å². The molecule has 1 saturated heterocycles. The molecule has 5 rings (SSSR count). The SMILES string of the molecule is Cc1cccc(N(CC(=O)N2CCN(C(c3ccccc3)c3ccccc3)CC2)S(=O)(=O)c2ccccc2)c1. The Hall–Kier alpha value is -3.94. The van der Waals surface area contributed by atoms with Crippen LogP contribution in [0.1, 0.15) is 22.7 Å². The van der Waals surface area contributed by atoms with Gasteiger partial charge in [-0.25, -0.2) is 8.42 Å². The number of piperazine rings is 1. The fourth-order valence-electron chi connectivity index (χ4n) is 5.15. The van der Waals surface area contributed by atoms with Crippen molar-refractivity contribution < 1.29 is 13.2 Å². The summed E-state index contributed by atoms with van der Waals surface area (Å²) in [5, 5.41) is 0. The largest absolute Gasteiger partial charge is 0.339 e. The van der Waals surface area contributed by atoms with Gasteiger partial charge in [-0.15, -0.1) is 0 Å². The third-order valence-electron chi connectivity index (χ3n) is 7.16. The van der Waals surface area contributed by atoms with Crippen LogP contribution in [0.4, 0.5) is 5.69 Å². The van der Waals surface area contributed by atoms with Gasteiger partial charge in [-0.2, -0.15) is 0 Å². The summed E-state index contributed by atoms with van der Waals surface area (Å²) in [7, 11) is -3.93. The van der Waals surface area contributed by atoms with Crippen molar-refractivity contribution in [3.63, 3.8) is 0 Å². The molecule has 7 heteroatoms. The topological polar surface area (TPSA) is 60.9 Å². The predicted molar refractivity (Wildman–Crippen MR) is 155 cm³/mol. The van der Waals surface area contributed by atoms with Crippen LogP contribution in [-0.2, 0) is 14.8 Å². The second kappa shape index (κ2) is 11.8. The third kappa shape index (κ3) is 6.05. The van der Waals surface area contributed by atoms with E-state index in [1.807, 2.05) is 31.2 Å². The smallest absolute Gasteiger partial charge is 0.264 e. The number of amides is 1. The number of rotatable bonds is 8. The Kier molecular flexibility index (Phi) is 8.10. The molecule has 0 saturated carbocycles. The molecule has 1 aliphatic rings. The van der Waals surface area contributed by atoms with Crippen molar-refractivity contribution in [3.8, 4) is 0 Å². The Bertz CT molecular complexity index is 1450. The minimum atomic E-state index is -3.93. The minimum Gasteiger partial charge on any atom is -0.339 e. The van der Waals surface area contributed by atoms with Crippen LogP contribution in [0, 0.1) is 6.92 Å². The van der Waals surface area contributed by atoms with Gasteiger partial charge in [-0.05, 0) is 47.9 Å². The number of hydrogen-bond donors (Lipinski definition) is 0. The summed E-state index contributed by atoms with van der Waals surface area (Å²) in [6.07, 6.45) is 0. The quantitative estimate of drug-likeness (QED) is 0.312. The van der Waals surface area contributed by atoms with Crippen molar-refractivity contribution in [1.82, 2.24) is 9.80 Å². The normalized spacial score (nSPS) is 14.4. The second-order valence-corrected chi connectivity index (χ2v) is 11.7. The Morgan fingerprint density at radius 1 is 0.744 bits per heavy atom. The third-order valence-corrected chi connectivity index (χ3v) is 8.95. The lowest BCUT2D eigenvalue weighted by atomic mass is 9.96. The van der Waals surface area contributed by atoms with Crippen molar-refractivity contribution in [2.45, 2.75) is 17.9 Å². The molecule has 39 heavy (non-hydrogen) atoms. The fraction of sp³-hybridized carbons (Fsp3) is 0.219. The average molecular weight is 540 g/mol. The Morgan fingerprint density at radius 3 is 1.82 bits per heavy atom. The van der Waals surface area contributed by atoms with Gasteiger partial charge in [-0.1, -0.05) is 91.0 Å². The summed E-state index contributed by atoms with van der Waals surface area (Å²) < 4.78 is 28.6. The van der Waals surface area contributed by atoms with E-state index in [1.165, 1.54) is 15.4 Å². The average Bonchev–Trinajstić information content (AvgIpc) is 2.98. The van der Waals surface area contributed by atoms with E-state index in [-0.39, 0.29) is 23.4 Å². The number of carbonyl (C=O) groups excluding carboxylic acids is 1. The van der Waals surface area contributed by atoms with Gasteiger partial charge in [0, 0.05) is 26.2 Å². The summed E-state index contributed by atoms with van der Waals surface area (Å²) in [6.45, 7) is 4.10. The second-order valence-electron chi connectivity index (χ2n) is 9.80. The van der Waals surface area contributed by atoms with Crippen molar-refractivity contribution in [2.75, 3.05) is 37.0 Å². The molecule has 0 atom stereocenters. The number of sulfonamides is 1. The summed E-state index contributed by atoms with van der Waals surface area (Å²) in [6, 6.07) is 36.5. The molecule has 6 nitrogen and oxygen atoms in total. The summed E-state index contributed by atoms with van der Waals surface area (Å²) in [5.74, 6) is -0.202. The molecule has 1 aliphatic heterocycles. The van der Waals surface area contributed by atoms with Crippen LogP contribution in [0.25, 0.3) is 0 Å². The first-order valence-corrected chi connectivity index (χ1v) is 14.6. The zero-order valence-corrected chi connectivity index (χ0v) is 22.9. The van der Waals surface area contributed by atoms with Gasteiger partial charge in [-0.3, -0.25) is 14.0 Å². The maximum Gasteiger partial charge on any atom is 0.264 e. The molecule has 0 radical (unpaired) electrons. The van der Waals surface area contributed by atoms with E-state index >= 15 is 0 Å². The number of aryl methyl sites for hydroxylation is 1. The highest BCUT2D eigenvalue weighted by molar-refractivity contribution is 7.92. The first kappa shape index (κ1) is 26.7. The first-order chi connectivity index (χ1) is 18.9. The van der Waals surface area contributed by atoms with Gasteiger partial charge in [0.1, 0.15) is 6.54 Å². The van der Waals surface area contributed by atoms with E-state index in [0.29, 0.717) is 31.9 Å².